The number of carbonyl (C=O) groups excluding carboxylic acids is 1. The summed E-state index contributed by atoms with van der Waals surface area (Å²) >= 11 is 0. The Morgan fingerprint density at radius 1 is 1.12 bits per heavy atom. The topological polar surface area (TPSA) is 41.6 Å². The predicted molar refractivity (Wildman–Crippen MR) is 106 cm³/mol. The van der Waals surface area contributed by atoms with Crippen LogP contribution in [-0.2, 0) is 11.3 Å². The third kappa shape index (κ3) is 4.37. The number of anilines is 1. The van der Waals surface area contributed by atoms with Crippen LogP contribution in [0.2, 0.25) is 0 Å². The normalized spacial score (nSPS) is 15.0. The number of carbonyl (C=O) groups is 1. The van der Waals surface area contributed by atoms with Gasteiger partial charge in [-0.3, -0.25) is 4.79 Å². The van der Waals surface area contributed by atoms with Gasteiger partial charge in [-0.1, -0.05) is 24.3 Å². The number of amides is 1. The molecule has 2 aromatic carbocycles. The zero-order chi connectivity index (χ0) is 18.5. The van der Waals surface area contributed by atoms with Crippen LogP contribution in [0.15, 0.2) is 42.5 Å². The van der Waals surface area contributed by atoms with Crippen LogP contribution in [0.25, 0.3) is 0 Å². The number of benzene rings is 2. The Labute approximate surface area is 156 Å². The van der Waals surface area contributed by atoms with Crippen molar-refractivity contribution in [2.24, 2.45) is 0 Å². The summed E-state index contributed by atoms with van der Waals surface area (Å²) in [6.45, 7) is 8.63. The van der Waals surface area contributed by atoms with E-state index in [2.05, 4.69) is 34.5 Å². The van der Waals surface area contributed by atoms with Gasteiger partial charge in [-0.25, -0.2) is 0 Å². The first kappa shape index (κ1) is 18.3. The fourth-order valence-electron chi connectivity index (χ4n) is 3.23. The number of aryl methyl sites for hydroxylation is 1. The first-order valence-electron chi connectivity index (χ1n) is 9.39. The van der Waals surface area contributed by atoms with Crippen molar-refractivity contribution >= 4 is 11.6 Å². The standard InChI is InChI=1S/C22H28N2O2/c1-16-7-6-8-21(17(16)2)26-18(3)22(25)23-15-19-9-11-20(12-10-19)24-13-4-5-14-24/h6-12,18H,4-5,13-15H2,1-3H3,(H,23,25)/t18-/m1/s1. The van der Waals surface area contributed by atoms with Gasteiger partial charge in [-0.15, -0.1) is 0 Å². The number of nitrogens with one attached hydrogen (secondary N) is 1. The predicted octanol–water partition coefficient (Wildman–Crippen LogP) is 3.99. The molecule has 1 amide bonds. The molecule has 0 saturated carbocycles. The maximum atomic E-state index is 12.3. The van der Waals surface area contributed by atoms with Crippen molar-refractivity contribution in [3.8, 4) is 5.75 Å². The molecule has 4 nitrogen and oxygen atoms in total. The minimum Gasteiger partial charge on any atom is -0.481 e. The molecule has 1 aliphatic rings. The summed E-state index contributed by atoms with van der Waals surface area (Å²) < 4.78 is 5.84. The maximum Gasteiger partial charge on any atom is 0.261 e. The van der Waals surface area contributed by atoms with Crippen LogP contribution in [-0.4, -0.2) is 25.1 Å². The van der Waals surface area contributed by atoms with Gasteiger partial charge in [0.25, 0.3) is 5.91 Å². The van der Waals surface area contributed by atoms with E-state index >= 15 is 0 Å². The molecule has 0 bridgehead atoms. The van der Waals surface area contributed by atoms with Gasteiger partial charge >= 0.3 is 0 Å². The van der Waals surface area contributed by atoms with E-state index in [4.69, 9.17) is 4.74 Å². The summed E-state index contributed by atoms with van der Waals surface area (Å²) in [7, 11) is 0. The Balaban J connectivity index is 1.52. The number of nitrogens with zero attached hydrogens (tertiary/aromatic N) is 1. The summed E-state index contributed by atoms with van der Waals surface area (Å²) in [6.07, 6.45) is 2.02. The molecular formula is C22H28N2O2. The third-order valence-corrected chi connectivity index (χ3v) is 5.10. The average molecular weight is 352 g/mol. The molecule has 1 saturated heterocycles. The van der Waals surface area contributed by atoms with Crippen molar-refractivity contribution in [1.29, 1.82) is 0 Å². The van der Waals surface area contributed by atoms with Crippen molar-refractivity contribution in [2.45, 2.75) is 46.3 Å². The first-order chi connectivity index (χ1) is 12.5. The Bertz CT molecular complexity index is 749. The van der Waals surface area contributed by atoms with E-state index < -0.39 is 6.10 Å². The second-order valence-corrected chi connectivity index (χ2v) is 7.04. The third-order valence-electron chi connectivity index (χ3n) is 5.10. The quantitative estimate of drug-likeness (QED) is 0.855. The minimum atomic E-state index is -0.528. The molecule has 0 radical (unpaired) electrons. The number of rotatable bonds is 6. The number of hydrogen-bond acceptors (Lipinski definition) is 3. The molecular weight excluding hydrogens is 324 g/mol. The molecule has 0 aliphatic carbocycles. The molecule has 0 unspecified atom stereocenters. The highest BCUT2D eigenvalue weighted by atomic mass is 16.5. The van der Waals surface area contributed by atoms with Crippen LogP contribution in [0, 0.1) is 13.8 Å². The zero-order valence-electron chi connectivity index (χ0n) is 15.9. The summed E-state index contributed by atoms with van der Waals surface area (Å²) in [5, 5.41) is 2.96. The lowest BCUT2D eigenvalue weighted by Crippen LogP contribution is -2.36. The molecule has 3 rings (SSSR count). The van der Waals surface area contributed by atoms with Gasteiger partial charge in [-0.2, -0.15) is 0 Å². The largest absolute Gasteiger partial charge is 0.481 e. The van der Waals surface area contributed by atoms with Crippen LogP contribution in [0.5, 0.6) is 5.75 Å². The minimum absolute atomic E-state index is 0.102. The first-order valence-corrected chi connectivity index (χ1v) is 9.39. The van der Waals surface area contributed by atoms with Crippen molar-refractivity contribution < 1.29 is 9.53 Å². The molecule has 1 heterocycles. The lowest BCUT2D eigenvalue weighted by atomic mass is 10.1. The van der Waals surface area contributed by atoms with Crippen LogP contribution >= 0.6 is 0 Å². The number of ether oxygens (including phenoxy) is 1. The van der Waals surface area contributed by atoms with Gasteiger partial charge in [-0.05, 0) is 68.5 Å². The van der Waals surface area contributed by atoms with Crippen molar-refractivity contribution in [3.63, 3.8) is 0 Å². The smallest absolute Gasteiger partial charge is 0.261 e. The fraction of sp³-hybridized carbons (Fsp3) is 0.409. The summed E-state index contributed by atoms with van der Waals surface area (Å²) in [4.78, 5) is 14.8. The van der Waals surface area contributed by atoms with Crippen LogP contribution in [0.1, 0.15) is 36.5 Å². The van der Waals surface area contributed by atoms with Gasteiger partial charge < -0.3 is 15.0 Å². The van der Waals surface area contributed by atoms with E-state index in [1.54, 1.807) is 6.92 Å². The zero-order valence-corrected chi connectivity index (χ0v) is 15.9. The molecule has 1 aliphatic heterocycles. The average Bonchev–Trinajstić information content (AvgIpc) is 3.18. The van der Waals surface area contributed by atoms with Crippen LogP contribution < -0.4 is 15.0 Å². The molecule has 26 heavy (non-hydrogen) atoms. The van der Waals surface area contributed by atoms with E-state index in [9.17, 15) is 4.79 Å². The van der Waals surface area contributed by atoms with E-state index in [0.717, 1.165) is 35.5 Å². The monoisotopic (exact) mass is 352 g/mol. The summed E-state index contributed by atoms with van der Waals surface area (Å²) in [6, 6.07) is 14.4. The Kier molecular flexibility index (Phi) is 5.82. The van der Waals surface area contributed by atoms with Gasteiger partial charge in [0, 0.05) is 25.3 Å². The van der Waals surface area contributed by atoms with E-state index in [1.807, 2.05) is 32.0 Å². The van der Waals surface area contributed by atoms with Gasteiger partial charge in [0.2, 0.25) is 0 Å². The lowest BCUT2D eigenvalue weighted by Gasteiger charge is -2.18. The summed E-state index contributed by atoms with van der Waals surface area (Å²) in [5.74, 6) is 0.664. The molecule has 0 aromatic heterocycles. The molecule has 1 atom stereocenters. The van der Waals surface area contributed by atoms with Crippen molar-refractivity contribution in [2.75, 3.05) is 18.0 Å². The number of hydrogen-bond donors (Lipinski definition) is 1. The van der Waals surface area contributed by atoms with E-state index in [0.29, 0.717) is 6.54 Å². The van der Waals surface area contributed by atoms with Gasteiger partial charge in [0.15, 0.2) is 6.10 Å². The summed E-state index contributed by atoms with van der Waals surface area (Å²) in [5.41, 5.74) is 4.60. The molecule has 1 fully saturated rings. The second-order valence-electron chi connectivity index (χ2n) is 7.04. The maximum absolute atomic E-state index is 12.3. The van der Waals surface area contributed by atoms with E-state index in [-0.39, 0.29) is 5.91 Å². The Morgan fingerprint density at radius 2 is 1.81 bits per heavy atom. The molecule has 2 aromatic rings. The molecule has 0 spiro atoms. The van der Waals surface area contributed by atoms with Crippen molar-refractivity contribution in [3.05, 3.63) is 59.2 Å². The van der Waals surface area contributed by atoms with E-state index in [1.165, 1.54) is 18.5 Å². The highest BCUT2D eigenvalue weighted by Gasteiger charge is 2.16. The Hall–Kier alpha value is -2.49. The van der Waals surface area contributed by atoms with Crippen LogP contribution in [0.4, 0.5) is 5.69 Å². The molecule has 138 valence electrons. The molecule has 1 N–H and O–H groups in total. The molecule has 4 heteroatoms. The highest BCUT2D eigenvalue weighted by molar-refractivity contribution is 5.80. The Morgan fingerprint density at radius 3 is 2.50 bits per heavy atom. The second kappa shape index (κ2) is 8.26. The van der Waals surface area contributed by atoms with Crippen LogP contribution in [0.3, 0.4) is 0 Å². The fourth-order valence-corrected chi connectivity index (χ4v) is 3.23. The van der Waals surface area contributed by atoms with Crippen molar-refractivity contribution in [1.82, 2.24) is 5.32 Å². The van der Waals surface area contributed by atoms with Gasteiger partial charge in [0.05, 0.1) is 0 Å². The highest BCUT2D eigenvalue weighted by Crippen LogP contribution is 2.22. The lowest BCUT2D eigenvalue weighted by molar-refractivity contribution is -0.127. The SMILES string of the molecule is Cc1cccc(O[C@H](C)C(=O)NCc2ccc(N3CCCC3)cc2)c1C. The van der Waals surface area contributed by atoms with Gasteiger partial charge in [0.1, 0.15) is 5.75 Å².